The summed E-state index contributed by atoms with van der Waals surface area (Å²) < 4.78 is 28.5. The molecule has 1 fully saturated rings. The van der Waals surface area contributed by atoms with Crippen molar-refractivity contribution < 1.29 is 28.2 Å². The van der Waals surface area contributed by atoms with Crippen LogP contribution in [0.25, 0.3) is 0 Å². The van der Waals surface area contributed by atoms with Crippen molar-refractivity contribution in [2.24, 2.45) is 17.8 Å². The van der Waals surface area contributed by atoms with Gasteiger partial charge in [0.1, 0.15) is 9.84 Å². The molecule has 180 valence electrons. The molecule has 31 heavy (non-hydrogen) atoms. The number of sulfone groups is 1. The van der Waals surface area contributed by atoms with Crippen LogP contribution in [0.5, 0.6) is 0 Å². The normalized spacial score (nSPS) is 26.5. The van der Waals surface area contributed by atoms with Gasteiger partial charge in [0.15, 0.2) is 0 Å². The monoisotopic (exact) mass is 458 g/mol. The summed E-state index contributed by atoms with van der Waals surface area (Å²) in [7, 11) is -1.79. The lowest BCUT2D eigenvalue weighted by atomic mass is 9.85. The van der Waals surface area contributed by atoms with Gasteiger partial charge in [-0.1, -0.05) is 50.5 Å². The van der Waals surface area contributed by atoms with Crippen LogP contribution in [0.2, 0.25) is 0 Å². The minimum Gasteiger partial charge on any atom is -0.469 e. The summed E-state index contributed by atoms with van der Waals surface area (Å²) in [5.41, 5.74) is -0.938. The minimum atomic E-state index is -3.17. The maximum absolute atomic E-state index is 11.9. The zero-order chi connectivity index (χ0) is 23.5. The molecule has 1 saturated carbocycles. The van der Waals surface area contributed by atoms with Crippen LogP contribution in [0.4, 0.5) is 0 Å². The molecule has 1 rings (SSSR count). The molecule has 0 heterocycles. The number of hydrogen-bond donors (Lipinski definition) is 2. The van der Waals surface area contributed by atoms with Gasteiger partial charge in [-0.2, -0.15) is 0 Å². The third-order valence-corrected chi connectivity index (χ3v) is 7.15. The van der Waals surface area contributed by atoms with Gasteiger partial charge in [-0.3, -0.25) is 4.79 Å². The molecule has 2 N–H and O–H groups in total. The Hall–Kier alpha value is -1.18. The highest BCUT2D eigenvalue weighted by Crippen LogP contribution is 2.41. The summed E-state index contributed by atoms with van der Waals surface area (Å²) >= 11 is 0. The fourth-order valence-corrected chi connectivity index (χ4v) is 5.54. The highest BCUT2D eigenvalue weighted by Gasteiger charge is 2.41. The first-order chi connectivity index (χ1) is 14.5. The number of aliphatic hydroxyl groups is 2. The van der Waals surface area contributed by atoms with Crippen LogP contribution in [0, 0.1) is 17.8 Å². The van der Waals surface area contributed by atoms with Crippen LogP contribution in [0.1, 0.15) is 71.6 Å². The van der Waals surface area contributed by atoms with Gasteiger partial charge in [0, 0.05) is 12.7 Å². The number of esters is 1. The number of unbranched alkanes of at least 4 members (excludes halogenated alkanes) is 3. The number of hydrogen-bond acceptors (Lipinski definition) is 6. The largest absolute Gasteiger partial charge is 0.469 e. The third-order valence-electron chi connectivity index (χ3n) is 6.11. The zero-order valence-electron chi connectivity index (χ0n) is 19.6. The number of carbonyl (C=O) groups excluding carboxylic acids is 1. The molecule has 1 aliphatic rings. The van der Waals surface area contributed by atoms with Gasteiger partial charge in [-0.15, -0.1) is 0 Å². The molecule has 0 spiro atoms. The quantitative estimate of drug-likeness (QED) is 0.233. The Bertz CT molecular complexity index is 695. The molecule has 0 saturated heterocycles. The van der Waals surface area contributed by atoms with E-state index in [1.165, 1.54) is 13.4 Å². The van der Waals surface area contributed by atoms with Gasteiger partial charge < -0.3 is 14.9 Å². The predicted molar refractivity (Wildman–Crippen MR) is 124 cm³/mol. The molecule has 1 unspecified atom stereocenters. The molecule has 0 bridgehead atoms. The van der Waals surface area contributed by atoms with Crippen molar-refractivity contribution in [3.05, 3.63) is 24.3 Å². The summed E-state index contributed by atoms with van der Waals surface area (Å²) in [6.07, 6.45) is 15.0. The van der Waals surface area contributed by atoms with E-state index in [9.17, 15) is 23.4 Å². The minimum absolute atomic E-state index is 0.0381. The molecule has 0 amide bonds. The highest BCUT2D eigenvalue weighted by atomic mass is 32.2. The van der Waals surface area contributed by atoms with Crippen LogP contribution in [0.15, 0.2) is 24.3 Å². The third kappa shape index (κ3) is 11.3. The van der Waals surface area contributed by atoms with Gasteiger partial charge in [0.25, 0.3) is 0 Å². The number of allylic oxidation sites excluding steroid dienone is 3. The fourth-order valence-electron chi connectivity index (χ4n) is 4.40. The van der Waals surface area contributed by atoms with E-state index in [1.807, 2.05) is 18.2 Å². The average Bonchev–Trinajstić information content (AvgIpc) is 2.95. The van der Waals surface area contributed by atoms with Gasteiger partial charge in [0.2, 0.25) is 0 Å². The molecule has 1 aliphatic carbocycles. The lowest BCUT2D eigenvalue weighted by Crippen LogP contribution is -2.25. The smallest absolute Gasteiger partial charge is 0.305 e. The molecule has 0 aromatic carbocycles. The van der Waals surface area contributed by atoms with E-state index in [0.717, 1.165) is 25.7 Å². The van der Waals surface area contributed by atoms with Crippen molar-refractivity contribution in [3.63, 3.8) is 0 Å². The zero-order valence-corrected chi connectivity index (χ0v) is 20.4. The maximum atomic E-state index is 11.9. The number of rotatable bonds is 14. The molecule has 0 radical (unpaired) electrons. The Morgan fingerprint density at radius 2 is 1.94 bits per heavy atom. The second-order valence-electron chi connectivity index (χ2n) is 9.25. The maximum Gasteiger partial charge on any atom is 0.305 e. The van der Waals surface area contributed by atoms with E-state index in [-0.39, 0.29) is 29.5 Å². The predicted octanol–water partition coefficient (Wildman–Crippen LogP) is 3.82. The van der Waals surface area contributed by atoms with Crippen LogP contribution in [0.3, 0.4) is 0 Å². The number of aliphatic hydroxyl groups excluding tert-OH is 1. The second-order valence-corrected chi connectivity index (χ2v) is 11.4. The van der Waals surface area contributed by atoms with E-state index >= 15 is 0 Å². The first-order valence-electron chi connectivity index (χ1n) is 11.5. The standard InChI is InChI=1S/C24H42O6S/c1-5-6-11-15-24(2,27)16-14-20-19(18-31(4,28)29)17-22(25)21(20)12-9-7-8-10-13-23(26)30-3/h7,9,14,16,19-22,25,27H,5-6,8,10-13,15,17-18H2,1-4H3/b9-7-,16-14+/t19-,20-,21+,22-,24?/m0/s1. The Labute approximate surface area is 188 Å². The molecule has 0 aromatic rings. The Kier molecular flexibility index (Phi) is 12.0. The lowest BCUT2D eigenvalue weighted by molar-refractivity contribution is -0.140. The van der Waals surface area contributed by atoms with Crippen molar-refractivity contribution in [3.8, 4) is 0 Å². The molecular formula is C24H42O6S. The highest BCUT2D eigenvalue weighted by molar-refractivity contribution is 7.90. The lowest BCUT2D eigenvalue weighted by Gasteiger charge is -2.24. The Balaban J connectivity index is 2.82. The van der Waals surface area contributed by atoms with Crippen molar-refractivity contribution >= 4 is 15.8 Å². The first kappa shape index (κ1) is 27.9. The topological polar surface area (TPSA) is 101 Å². The van der Waals surface area contributed by atoms with Crippen molar-refractivity contribution in [2.75, 3.05) is 19.1 Å². The summed E-state index contributed by atoms with van der Waals surface area (Å²) in [5, 5.41) is 21.3. The van der Waals surface area contributed by atoms with Crippen molar-refractivity contribution in [1.29, 1.82) is 0 Å². The van der Waals surface area contributed by atoms with Crippen LogP contribution in [-0.2, 0) is 19.4 Å². The van der Waals surface area contributed by atoms with Gasteiger partial charge >= 0.3 is 5.97 Å². The summed E-state index contributed by atoms with van der Waals surface area (Å²) in [4.78, 5) is 11.2. The number of methoxy groups -OCH3 is 1. The van der Waals surface area contributed by atoms with Gasteiger partial charge in [-0.05, 0) is 56.8 Å². The molecular weight excluding hydrogens is 416 g/mol. The average molecular weight is 459 g/mol. The Morgan fingerprint density at radius 1 is 1.23 bits per heavy atom. The van der Waals surface area contributed by atoms with E-state index in [4.69, 9.17) is 0 Å². The first-order valence-corrected chi connectivity index (χ1v) is 13.5. The van der Waals surface area contributed by atoms with Crippen LogP contribution in [-0.4, -0.2) is 55.4 Å². The summed E-state index contributed by atoms with van der Waals surface area (Å²) in [6, 6.07) is 0. The summed E-state index contributed by atoms with van der Waals surface area (Å²) in [5.74, 6) is -0.547. The molecule has 5 atom stereocenters. The van der Waals surface area contributed by atoms with E-state index < -0.39 is 21.5 Å². The molecule has 0 aliphatic heterocycles. The van der Waals surface area contributed by atoms with Crippen LogP contribution < -0.4 is 0 Å². The fraction of sp³-hybridized carbons (Fsp3) is 0.792. The van der Waals surface area contributed by atoms with Crippen LogP contribution >= 0.6 is 0 Å². The SMILES string of the molecule is CCCCCC(C)(O)/C=C/[C@H]1[C@H](CS(C)(=O)=O)C[C@H](O)[C@@H]1C/C=C\CCCC(=O)OC. The molecule has 7 heteroatoms. The van der Waals surface area contributed by atoms with Crippen molar-refractivity contribution in [1.82, 2.24) is 0 Å². The molecule has 0 aromatic heterocycles. The van der Waals surface area contributed by atoms with Crippen molar-refractivity contribution in [2.45, 2.75) is 83.3 Å². The van der Waals surface area contributed by atoms with E-state index in [0.29, 0.717) is 32.1 Å². The second kappa shape index (κ2) is 13.4. The molecule has 6 nitrogen and oxygen atoms in total. The Morgan fingerprint density at radius 3 is 2.55 bits per heavy atom. The van der Waals surface area contributed by atoms with Gasteiger partial charge in [0.05, 0.1) is 24.6 Å². The number of ether oxygens (including phenoxy) is 1. The van der Waals surface area contributed by atoms with Gasteiger partial charge in [-0.25, -0.2) is 8.42 Å². The summed E-state index contributed by atoms with van der Waals surface area (Å²) in [6.45, 7) is 3.90. The van der Waals surface area contributed by atoms with E-state index in [2.05, 4.69) is 11.7 Å². The number of carbonyl (C=O) groups is 1. The van der Waals surface area contributed by atoms with E-state index in [1.54, 1.807) is 13.0 Å².